The summed E-state index contributed by atoms with van der Waals surface area (Å²) in [6.07, 6.45) is 8.54. The lowest BCUT2D eigenvalue weighted by Crippen LogP contribution is -2.47. The van der Waals surface area contributed by atoms with Crippen LogP contribution < -0.4 is 10.6 Å². The Kier molecular flexibility index (Phi) is 6.61. The van der Waals surface area contributed by atoms with Gasteiger partial charge in [0.2, 0.25) is 5.91 Å². The molecule has 2 N–H and O–H groups in total. The summed E-state index contributed by atoms with van der Waals surface area (Å²) in [5, 5.41) is 6.46. The van der Waals surface area contributed by atoms with Gasteiger partial charge in [-0.15, -0.1) is 12.4 Å². The van der Waals surface area contributed by atoms with Crippen LogP contribution in [0.15, 0.2) is 0 Å². The van der Waals surface area contributed by atoms with Crippen molar-refractivity contribution in [1.29, 1.82) is 0 Å². The van der Waals surface area contributed by atoms with Crippen molar-refractivity contribution in [3.05, 3.63) is 0 Å². The van der Waals surface area contributed by atoms with E-state index in [1.807, 2.05) is 0 Å². The van der Waals surface area contributed by atoms with Crippen LogP contribution in [0, 0.1) is 11.3 Å². The predicted molar refractivity (Wildman–Crippen MR) is 81.6 cm³/mol. The molecular weight excluding hydrogens is 260 g/mol. The molecule has 1 saturated carbocycles. The summed E-state index contributed by atoms with van der Waals surface area (Å²) < 4.78 is 0. The first kappa shape index (κ1) is 16.8. The molecule has 3 nitrogen and oxygen atoms in total. The van der Waals surface area contributed by atoms with Gasteiger partial charge in [-0.25, -0.2) is 0 Å². The van der Waals surface area contributed by atoms with Crippen LogP contribution in [0.1, 0.15) is 58.8 Å². The standard InChI is InChI=1S/C15H28N2O.ClH/c1-15(2)8-6-12(7-9-15)11-17-14(18)13-5-3-4-10-16-13;/h12-13,16H,3-11H2,1-2H3,(H,17,18);1H. The van der Waals surface area contributed by atoms with E-state index in [0.717, 1.165) is 19.5 Å². The molecule has 0 aromatic carbocycles. The third kappa shape index (κ3) is 5.31. The van der Waals surface area contributed by atoms with E-state index in [1.54, 1.807) is 0 Å². The summed E-state index contributed by atoms with van der Waals surface area (Å²) in [7, 11) is 0. The number of hydrogen-bond donors (Lipinski definition) is 2. The Bertz CT molecular complexity index is 278. The topological polar surface area (TPSA) is 41.1 Å². The van der Waals surface area contributed by atoms with Gasteiger partial charge in [-0.1, -0.05) is 20.3 Å². The molecule has 0 aromatic heterocycles. The van der Waals surface area contributed by atoms with Gasteiger partial charge >= 0.3 is 0 Å². The number of piperidine rings is 1. The minimum absolute atomic E-state index is 0. The van der Waals surface area contributed by atoms with Crippen molar-refractivity contribution < 1.29 is 4.79 Å². The lowest BCUT2D eigenvalue weighted by Gasteiger charge is -2.34. The van der Waals surface area contributed by atoms with E-state index in [9.17, 15) is 4.79 Å². The molecule has 1 heterocycles. The molecule has 2 aliphatic rings. The molecule has 1 unspecified atom stereocenters. The monoisotopic (exact) mass is 288 g/mol. The zero-order valence-electron chi connectivity index (χ0n) is 12.3. The van der Waals surface area contributed by atoms with Gasteiger partial charge in [0.1, 0.15) is 0 Å². The third-order valence-electron chi connectivity index (χ3n) is 4.65. The summed E-state index contributed by atoms with van der Waals surface area (Å²) in [6, 6.07) is 0.0683. The maximum absolute atomic E-state index is 12.0. The number of nitrogens with one attached hydrogen (secondary N) is 2. The van der Waals surface area contributed by atoms with E-state index >= 15 is 0 Å². The van der Waals surface area contributed by atoms with Crippen molar-refractivity contribution in [2.24, 2.45) is 11.3 Å². The molecule has 19 heavy (non-hydrogen) atoms. The Labute approximate surface area is 123 Å². The molecule has 2 fully saturated rings. The number of carbonyl (C=O) groups excluding carboxylic acids is 1. The van der Waals surface area contributed by atoms with E-state index in [2.05, 4.69) is 24.5 Å². The molecule has 2 rings (SSSR count). The Morgan fingerprint density at radius 2 is 1.89 bits per heavy atom. The molecule has 0 radical (unpaired) electrons. The smallest absolute Gasteiger partial charge is 0.237 e. The van der Waals surface area contributed by atoms with Crippen LogP contribution in [0.25, 0.3) is 0 Å². The van der Waals surface area contributed by atoms with Gasteiger partial charge in [0.25, 0.3) is 0 Å². The minimum atomic E-state index is 0. The average molecular weight is 289 g/mol. The fourth-order valence-corrected chi connectivity index (χ4v) is 3.11. The second-order valence-corrected chi connectivity index (χ2v) is 6.86. The second-order valence-electron chi connectivity index (χ2n) is 6.86. The Balaban J connectivity index is 0.00000180. The molecule has 0 aromatic rings. The molecule has 0 spiro atoms. The number of amides is 1. The van der Waals surface area contributed by atoms with Crippen LogP contribution in [0.4, 0.5) is 0 Å². The van der Waals surface area contributed by atoms with Crippen LogP contribution in [-0.2, 0) is 4.79 Å². The lowest BCUT2D eigenvalue weighted by atomic mass is 9.73. The van der Waals surface area contributed by atoms with Gasteiger partial charge < -0.3 is 10.6 Å². The van der Waals surface area contributed by atoms with Crippen LogP contribution in [0.3, 0.4) is 0 Å². The summed E-state index contributed by atoms with van der Waals surface area (Å²) >= 11 is 0. The molecule has 1 aliphatic carbocycles. The van der Waals surface area contributed by atoms with Crippen molar-refractivity contribution in [2.45, 2.75) is 64.8 Å². The highest BCUT2D eigenvalue weighted by molar-refractivity contribution is 5.85. The predicted octanol–water partition coefficient (Wildman–Crippen LogP) is 2.88. The van der Waals surface area contributed by atoms with E-state index in [1.165, 1.54) is 38.5 Å². The largest absolute Gasteiger partial charge is 0.354 e. The maximum Gasteiger partial charge on any atom is 0.237 e. The minimum Gasteiger partial charge on any atom is -0.354 e. The van der Waals surface area contributed by atoms with Crippen LogP contribution in [-0.4, -0.2) is 25.0 Å². The van der Waals surface area contributed by atoms with Crippen LogP contribution in [0.2, 0.25) is 0 Å². The van der Waals surface area contributed by atoms with Crippen molar-refractivity contribution in [3.8, 4) is 0 Å². The Hall–Kier alpha value is -0.280. The zero-order valence-corrected chi connectivity index (χ0v) is 13.2. The van der Waals surface area contributed by atoms with Gasteiger partial charge in [-0.3, -0.25) is 4.79 Å². The third-order valence-corrected chi connectivity index (χ3v) is 4.65. The Morgan fingerprint density at radius 3 is 2.47 bits per heavy atom. The maximum atomic E-state index is 12.0. The van der Waals surface area contributed by atoms with Crippen molar-refractivity contribution in [2.75, 3.05) is 13.1 Å². The van der Waals surface area contributed by atoms with E-state index in [4.69, 9.17) is 0 Å². The van der Waals surface area contributed by atoms with Crippen molar-refractivity contribution in [3.63, 3.8) is 0 Å². The molecule has 1 saturated heterocycles. The fraction of sp³-hybridized carbons (Fsp3) is 0.933. The van der Waals surface area contributed by atoms with Crippen molar-refractivity contribution in [1.82, 2.24) is 10.6 Å². The first-order valence-corrected chi connectivity index (χ1v) is 7.58. The highest BCUT2D eigenvalue weighted by Gasteiger charge is 2.27. The summed E-state index contributed by atoms with van der Waals surface area (Å²) in [4.78, 5) is 12.0. The van der Waals surface area contributed by atoms with Crippen molar-refractivity contribution >= 4 is 18.3 Å². The van der Waals surface area contributed by atoms with E-state index in [-0.39, 0.29) is 24.4 Å². The van der Waals surface area contributed by atoms with Gasteiger partial charge in [-0.2, -0.15) is 0 Å². The highest BCUT2D eigenvalue weighted by Crippen LogP contribution is 2.37. The second kappa shape index (κ2) is 7.49. The molecule has 1 aliphatic heterocycles. The quantitative estimate of drug-likeness (QED) is 0.838. The normalized spacial score (nSPS) is 27.4. The first-order valence-electron chi connectivity index (χ1n) is 7.58. The molecule has 4 heteroatoms. The number of rotatable bonds is 3. The number of halogens is 1. The summed E-state index contributed by atoms with van der Waals surface area (Å²) in [6.45, 7) is 6.59. The van der Waals surface area contributed by atoms with Gasteiger partial charge in [-0.05, 0) is 56.4 Å². The number of hydrogen-bond acceptors (Lipinski definition) is 2. The fourth-order valence-electron chi connectivity index (χ4n) is 3.11. The summed E-state index contributed by atoms with van der Waals surface area (Å²) in [5.41, 5.74) is 0.519. The molecule has 112 valence electrons. The van der Waals surface area contributed by atoms with Crippen LogP contribution in [0.5, 0.6) is 0 Å². The SMILES string of the molecule is CC1(C)CCC(CNC(=O)C2CCCCN2)CC1.Cl. The summed E-state index contributed by atoms with van der Waals surface area (Å²) in [5.74, 6) is 0.921. The molecule has 1 atom stereocenters. The average Bonchev–Trinajstić information content (AvgIpc) is 2.38. The molecule has 1 amide bonds. The highest BCUT2D eigenvalue weighted by atomic mass is 35.5. The van der Waals surface area contributed by atoms with Crippen LogP contribution >= 0.6 is 12.4 Å². The molecular formula is C15H29ClN2O. The van der Waals surface area contributed by atoms with Gasteiger partial charge in [0.15, 0.2) is 0 Å². The molecule has 0 bridgehead atoms. The first-order chi connectivity index (χ1) is 8.57. The van der Waals surface area contributed by atoms with E-state index < -0.39 is 0 Å². The lowest BCUT2D eigenvalue weighted by molar-refractivity contribution is -0.123. The zero-order chi connectivity index (χ0) is 13.0. The Morgan fingerprint density at radius 1 is 1.21 bits per heavy atom. The van der Waals surface area contributed by atoms with Gasteiger partial charge in [0.05, 0.1) is 6.04 Å². The number of carbonyl (C=O) groups is 1. The van der Waals surface area contributed by atoms with Gasteiger partial charge in [0, 0.05) is 6.54 Å². The van der Waals surface area contributed by atoms with E-state index in [0.29, 0.717) is 11.3 Å².